The quantitative estimate of drug-likeness (QED) is 0.475. The summed E-state index contributed by atoms with van der Waals surface area (Å²) >= 11 is 7.92. The fourth-order valence-electron chi connectivity index (χ4n) is 3.22. The lowest BCUT2D eigenvalue weighted by Gasteiger charge is -2.19. The molecule has 2 aromatic carbocycles. The molecule has 5 heteroatoms. The first-order valence-electron chi connectivity index (χ1n) is 8.36. The summed E-state index contributed by atoms with van der Waals surface area (Å²) in [6, 6.07) is 19.7. The number of aromatic nitrogens is 1. The standard InChI is InChI=1S/C21H17ClN2OS/c22-18-8-3-1-6-14(18)16(13-24-21(25)20-10-5-11-26-20)17-12-23-19-9-4-2-7-15(17)19/h1-12,16,23H,13H2,(H,24,25)/t16-/m0/s1. The van der Waals surface area contributed by atoms with Gasteiger partial charge in [-0.3, -0.25) is 4.79 Å². The normalized spacial score (nSPS) is 12.2. The van der Waals surface area contributed by atoms with Gasteiger partial charge in [-0.2, -0.15) is 0 Å². The molecule has 0 unspecified atom stereocenters. The number of thiophene rings is 1. The van der Waals surface area contributed by atoms with Crippen LogP contribution in [0.3, 0.4) is 0 Å². The summed E-state index contributed by atoms with van der Waals surface area (Å²) in [5.74, 6) is -0.0966. The Kier molecular flexibility index (Phi) is 4.78. The van der Waals surface area contributed by atoms with Crippen molar-refractivity contribution in [3.63, 3.8) is 0 Å². The van der Waals surface area contributed by atoms with Crippen molar-refractivity contribution in [3.8, 4) is 0 Å². The van der Waals surface area contributed by atoms with Crippen LogP contribution in [-0.4, -0.2) is 17.4 Å². The van der Waals surface area contributed by atoms with E-state index in [-0.39, 0.29) is 11.8 Å². The van der Waals surface area contributed by atoms with E-state index in [1.807, 2.05) is 66.2 Å². The van der Waals surface area contributed by atoms with Crippen molar-refractivity contribution in [2.75, 3.05) is 6.54 Å². The highest BCUT2D eigenvalue weighted by Crippen LogP contribution is 2.34. The van der Waals surface area contributed by atoms with Gasteiger partial charge in [-0.15, -0.1) is 11.3 Å². The fourth-order valence-corrected chi connectivity index (χ4v) is 4.12. The van der Waals surface area contributed by atoms with Crippen LogP contribution in [0, 0.1) is 0 Å². The van der Waals surface area contributed by atoms with E-state index in [1.54, 1.807) is 0 Å². The number of hydrogen-bond donors (Lipinski definition) is 2. The Labute approximate surface area is 160 Å². The Balaban J connectivity index is 1.70. The van der Waals surface area contributed by atoms with Gasteiger partial charge >= 0.3 is 0 Å². The molecule has 0 saturated heterocycles. The number of carbonyl (C=O) groups is 1. The Bertz CT molecular complexity index is 1040. The third kappa shape index (κ3) is 3.26. The number of para-hydroxylation sites is 1. The van der Waals surface area contributed by atoms with Crippen LogP contribution < -0.4 is 5.32 Å². The van der Waals surface area contributed by atoms with Crippen LogP contribution in [0.4, 0.5) is 0 Å². The monoisotopic (exact) mass is 380 g/mol. The number of aromatic amines is 1. The van der Waals surface area contributed by atoms with Crippen LogP contribution in [0.2, 0.25) is 5.02 Å². The van der Waals surface area contributed by atoms with Crippen LogP contribution in [0.15, 0.2) is 72.2 Å². The zero-order valence-electron chi connectivity index (χ0n) is 13.9. The van der Waals surface area contributed by atoms with E-state index in [0.29, 0.717) is 16.4 Å². The molecule has 4 aromatic rings. The number of halogens is 1. The number of carbonyl (C=O) groups excluding carboxylic acids is 1. The number of fused-ring (bicyclic) bond motifs is 1. The molecule has 0 saturated carbocycles. The van der Waals surface area contributed by atoms with Crippen molar-refractivity contribution in [3.05, 3.63) is 93.3 Å². The molecule has 3 nitrogen and oxygen atoms in total. The van der Waals surface area contributed by atoms with Gasteiger partial charge in [-0.25, -0.2) is 0 Å². The molecule has 0 radical (unpaired) electrons. The molecule has 4 rings (SSSR count). The predicted octanol–water partition coefficient (Wildman–Crippen LogP) is 5.44. The Morgan fingerprint density at radius 3 is 2.65 bits per heavy atom. The van der Waals surface area contributed by atoms with Crippen molar-refractivity contribution in [2.24, 2.45) is 0 Å². The number of amides is 1. The summed E-state index contributed by atoms with van der Waals surface area (Å²) in [7, 11) is 0. The second-order valence-corrected chi connectivity index (χ2v) is 7.41. The van der Waals surface area contributed by atoms with Crippen molar-refractivity contribution >= 4 is 39.7 Å². The van der Waals surface area contributed by atoms with Crippen LogP contribution in [0.25, 0.3) is 10.9 Å². The van der Waals surface area contributed by atoms with Gasteiger partial charge in [-0.1, -0.05) is 54.1 Å². The highest BCUT2D eigenvalue weighted by atomic mass is 35.5. The minimum Gasteiger partial charge on any atom is -0.361 e. The van der Waals surface area contributed by atoms with Gasteiger partial charge in [0, 0.05) is 34.6 Å². The zero-order chi connectivity index (χ0) is 17.9. The minimum absolute atomic E-state index is 0.0382. The molecule has 0 fully saturated rings. The highest BCUT2D eigenvalue weighted by molar-refractivity contribution is 7.12. The molecule has 1 atom stereocenters. The van der Waals surface area contributed by atoms with Crippen molar-refractivity contribution < 1.29 is 4.79 Å². The number of benzene rings is 2. The van der Waals surface area contributed by atoms with Gasteiger partial charge in [0.15, 0.2) is 0 Å². The van der Waals surface area contributed by atoms with Crippen LogP contribution >= 0.6 is 22.9 Å². The molecule has 0 spiro atoms. The third-order valence-electron chi connectivity index (χ3n) is 4.49. The lowest BCUT2D eigenvalue weighted by Crippen LogP contribution is -2.28. The largest absolute Gasteiger partial charge is 0.361 e. The molecule has 1 amide bonds. The van der Waals surface area contributed by atoms with Crippen LogP contribution in [-0.2, 0) is 0 Å². The van der Waals surface area contributed by atoms with E-state index in [1.165, 1.54) is 11.3 Å². The predicted molar refractivity (Wildman–Crippen MR) is 108 cm³/mol. The van der Waals surface area contributed by atoms with Crippen molar-refractivity contribution in [2.45, 2.75) is 5.92 Å². The highest BCUT2D eigenvalue weighted by Gasteiger charge is 2.21. The number of rotatable bonds is 5. The molecule has 0 aliphatic rings. The van der Waals surface area contributed by atoms with Gasteiger partial charge in [0.25, 0.3) is 5.91 Å². The van der Waals surface area contributed by atoms with E-state index in [4.69, 9.17) is 11.6 Å². The Morgan fingerprint density at radius 1 is 1.04 bits per heavy atom. The number of nitrogens with one attached hydrogen (secondary N) is 2. The molecular formula is C21H17ClN2OS. The molecule has 2 N–H and O–H groups in total. The van der Waals surface area contributed by atoms with E-state index in [2.05, 4.69) is 16.4 Å². The zero-order valence-corrected chi connectivity index (χ0v) is 15.5. The van der Waals surface area contributed by atoms with Crippen LogP contribution in [0.1, 0.15) is 26.7 Å². The first-order valence-corrected chi connectivity index (χ1v) is 9.62. The average molecular weight is 381 g/mol. The molecule has 2 aromatic heterocycles. The first-order chi connectivity index (χ1) is 12.7. The maximum Gasteiger partial charge on any atom is 0.261 e. The first kappa shape index (κ1) is 16.9. The van der Waals surface area contributed by atoms with E-state index in [0.717, 1.165) is 22.0 Å². The lowest BCUT2D eigenvalue weighted by atomic mass is 9.90. The summed E-state index contributed by atoms with van der Waals surface area (Å²) in [6.07, 6.45) is 2.01. The summed E-state index contributed by atoms with van der Waals surface area (Å²) in [5, 5.41) is 6.81. The lowest BCUT2D eigenvalue weighted by molar-refractivity contribution is 0.0956. The summed E-state index contributed by atoms with van der Waals surface area (Å²) < 4.78 is 0. The van der Waals surface area contributed by atoms with Gasteiger partial charge in [0.2, 0.25) is 0 Å². The average Bonchev–Trinajstić information content (AvgIpc) is 3.33. The Hall–Kier alpha value is -2.56. The smallest absolute Gasteiger partial charge is 0.261 e. The molecule has 130 valence electrons. The Morgan fingerprint density at radius 2 is 1.85 bits per heavy atom. The van der Waals surface area contributed by atoms with Crippen molar-refractivity contribution in [1.82, 2.24) is 10.3 Å². The topological polar surface area (TPSA) is 44.9 Å². The van der Waals surface area contributed by atoms with Gasteiger partial charge in [0.1, 0.15) is 0 Å². The summed E-state index contributed by atoms with van der Waals surface area (Å²) in [4.78, 5) is 16.4. The van der Waals surface area contributed by atoms with Crippen LogP contribution in [0.5, 0.6) is 0 Å². The maximum absolute atomic E-state index is 12.4. The van der Waals surface area contributed by atoms with Gasteiger partial charge < -0.3 is 10.3 Å². The van der Waals surface area contributed by atoms with Crippen molar-refractivity contribution in [1.29, 1.82) is 0 Å². The molecule has 0 aliphatic carbocycles. The number of hydrogen-bond acceptors (Lipinski definition) is 2. The van der Waals surface area contributed by atoms with E-state index >= 15 is 0 Å². The van der Waals surface area contributed by atoms with E-state index in [9.17, 15) is 4.79 Å². The second kappa shape index (κ2) is 7.36. The maximum atomic E-state index is 12.4. The minimum atomic E-state index is -0.0584. The second-order valence-electron chi connectivity index (χ2n) is 6.05. The molecule has 2 heterocycles. The summed E-state index contributed by atoms with van der Waals surface area (Å²) in [5.41, 5.74) is 3.20. The molecule has 0 bridgehead atoms. The number of H-pyrrole nitrogens is 1. The van der Waals surface area contributed by atoms with Gasteiger partial charge in [-0.05, 0) is 34.7 Å². The molecule has 0 aliphatic heterocycles. The molecule has 26 heavy (non-hydrogen) atoms. The fraction of sp³-hybridized carbons (Fsp3) is 0.0952. The van der Waals surface area contributed by atoms with Gasteiger partial charge in [0.05, 0.1) is 4.88 Å². The van der Waals surface area contributed by atoms with E-state index < -0.39 is 0 Å². The molecular weight excluding hydrogens is 364 g/mol. The SMILES string of the molecule is O=C(NC[C@@H](c1ccccc1Cl)c1c[nH]c2ccccc12)c1cccs1. The third-order valence-corrected chi connectivity index (χ3v) is 5.70. The summed E-state index contributed by atoms with van der Waals surface area (Å²) in [6.45, 7) is 0.475.